The third-order valence-electron chi connectivity index (χ3n) is 3.86. The maximum Gasteiger partial charge on any atom is 0.421 e. The zero-order valence-electron chi connectivity index (χ0n) is 13.3. The number of hydrazine groups is 1. The van der Waals surface area contributed by atoms with Crippen LogP contribution in [0.3, 0.4) is 0 Å². The standard InChI is InChI=1S/C16H22N4O4/c17-9-11-3-1-2-10(14(11)15(22)19-12-4-5-12)8-13(21)6-7-20(18)16(23)24/h1-3,12H,4-9,17-18H2,(H,19,22)(H,23,24). The lowest BCUT2D eigenvalue weighted by Crippen LogP contribution is -2.37. The molecule has 1 aliphatic rings. The van der Waals surface area contributed by atoms with E-state index in [4.69, 9.17) is 16.7 Å². The molecular formula is C16H22N4O4. The first-order chi connectivity index (χ1) is 11.4. The second-order valence-electron chi connectivity index (χ2n) is 5.84. The number of hydrogen-bond acceptors (Lipinski definition) is 5. The predicted octanol–water partition coefficient (Wildman–Crippen LogP) is 0.393. The third-order valence-corrected chi connectivity index (χ3v) is 3.86. The van der Waals surface area contributed by atoms with Gasteiger partial charge in [-0.3, -0.25) is 9.59 Å². The summed E-state index contributed by atoms with van der Waals surface area (Å²) in [5, 5.41) is 12.2. The molecule has 0 saturated heterocycles. The molecule has 1 aromatic rings. The van der Waals surface area contributed by atoms with Crippen molar-refractivity contribution in [1.82, 2.24) is 10.3 Å². The van der Waals surface area contributed by atoms with Crippen LogP contribution in [0, 0.1) is 0 Å². The van der Waals surface area contributed by atoms with Crippen LogP contribution in [-0.2, 0) is 17.8 Å². The largest absolute Gasteiger partial charge is 0.464 e. The molecule has 0 radical (unpaired) electrons. The lowest BCUT2D eigenvalue weighted by molar-refractivity contribution is -0.118. The average molecular weight is 334 g/mol. The second-order valence-corrected chi connectivity index (χ2v) is 5.84. The maximum absolute atomic E-state index is 12.4. The molecule has 1 aromatic carbocycles. The van der Waals surface area contributed by atoms with Crippen LogP contribution in [0.25, 0.3) is 0 Å². The van der Waals surface area contributed by atoms with Crippen LogP contribution < -0.4 is 16.9 Å². The highest BCUT2D eigenvalue weighted by Gasteiger charge is 2.26. The van der Waals surface area contributed by atoms with E-state index < -0.39 is 6.09 Å². The van der Waals surface area contributed by atoms with Crippen LogP contribution in [0.2, 0.25) is 0 Å². The van der Waals surface area contributed by atoms with E-state index in [-0.39, 0.29) is 43.7 Å². The first-order valence-electron chi connectivity index (χ1n) is 7.81. The van der Waals surface area contributed by atoms with Crippen LogP contribution in [0.15, 0.2) is 18.2 Å². The first kappa shape index (κ1) is 17.9. The summed E-state index contributed by atoms with van der Waals surface area (Å²) < 4.78 is 0. The summed E-state index contributed by atoms with van der Waals surface area (Å²) in [7, 11) is 0. The minimum atomic E-state index is -1.29. The molecule has 6 N–H and O–H groups in total. The van der Waals surface area contributed by atoms with Crippen molar-refractivity contribution in [2.75, 3.05) is 6.54 Å². The fourth-order valence-electron chi connectivity index (χ4n) is 2.39. The van der Waals surface area contributed by atoms with Gasteiger partial charge in [-0.25, -0.2) is 15.6 Å². The van der Waals surface area contributed by atoms with E-state index in [1.807, 2.05) is 0 Å². The Morgan fingerprint density at radius 3 is 2.50 bits per heavy atom. The number of hydrogen-bond donors (Lipinski definition) is 4. The molecule has 0 aromatic heterocycles. The van der Waals surface area contributed by atoms with Gasteiger partial charge in [-0.1, -0.05) is 18.2 Å². The van der Waals surface area contributed by atoms with Crippen LogP contribution in [-0.4, -0.2) is 40.5 Å². The number of rotatable bonds is 8. The molecule has 1 saturated carbocycles. The minimum Gasteiger partial charge on any atom is -0.464 e. The first-order valence-corrected chi connectivity index (χ1v) is 7.81. The van der Waals surface area contributed by atoms with Gasteiger partial charge in [0.1, 0.15) is 5.78 Å². The number of nitrogens with zero attached hydrogens (tertiary/aromatic N) is 1. The van der Waals surface area contributed by atoms with Crippen molar-refractivity contribution in [3.05, 3.63) is 34.9 Å². The fraction of sp³-hybridized carbons (Fsp3) is 0.438. The van der Waals surface area contributed by atoms with Gasteiger partial charge in [0.2, 0.25) is 0 Å². The average Bonchev–Trinajstić information content (AvgIpc) is 3.35. The van der Waals surface area contributed by atoms with Crippen molar-refractivity contribution in [1.29, 1.82) is 0 Å². The zero-order valence-corrected chi connectivity index (χ0v) is 13.3. The van der Waals surface area contributed by atoms with Gasteiger partial charge in [0.15, 0.2) is 0 Å². The lowest BCUT2D eigenvalue weighted by atomic mass is 9.95. The van der Waals surface area contributed by atoms with E-state index in [1.54, 1.807) is 18.2 Å². The number of carbonyl (C=O) groups is 3. The van der Waals surface area contributed by atoms with E-state index in [2.05, 4.69) is 5.32 Å². The Bertz CT molecular complexity index is 643. The third kappa shape index (κ3) is 4.77. The van der Waals surface area contributed by atoms with Crippen LogP contribution in [0.4, 0.5) is 4.79 Å². The van der Waals surface area contributed by atoms with Gasteiger partial charge < -0.3 is 16.2 Å². The number of benzene rings is 1. The number of ketones is 1. The Kier molecular flexibility index (Phi) is 5.88. The molecule has 1 aliphatic carbocycles. The molecule has 1 fully saturated rings. The van der Waals surface area contributed by atoms with Gasteiger partial charge >= 0.3 is 6.09 Å². The van der Waals surface area contributed by atoms with E-state index in [9.17, 15) is 14.4 Å². The summed E-state index contributed by atoms with van der Waals surface area (Å²) in [6.07, 6.45) is 0.657. The molecule has 0 unspecified atom stereocenters. The molecule has 0 atom stereocenters. The number of amides is 2. The molecule has 0 spiro atoms. The van der Waals surface area contributed by atoms with Gasteiger partial charge in [0.05, 0.1) is 0 Å². The highest BCUT2D eigenvalue weighted by atomic mass is 16.4. The van der Waals surface area contributed by atoms with Crippen LogP contribution in [0.5, 0.6) is 0 Å². The molecule has 2 amide bonds. The van der Waals surface area contributed by atoms with E-state index >= 15 is 0 Å². The molecule has 2 rings (SSSR count). The Labute approximate surface area is 139 Å². The van der Waals surface area contributed by atoms with Crippen molar-refractivity contribution >= 4 is 17.8 Å². The molecule has 8 nitrogen and oxygen atoms in total. The van der Waals surface area contributed by atoms with Gasteiger partial charge in [-0.15, -0.1) is 0 Å². The number of nitrogens with two attached hydrogens (primary N) is 2. The maximum atomic E-state index is 12.4. The summed E-state index contributed by atoms with van der Waals surface area (Å²) in [5.41, 5.74) is 7.44. The summed E-state index contributed by atoms with van der Waals surface area (Å²) in [4.78, 5) is 35.2. The van der Waals surface area contributed by atoms with E-state index in [0.717, 1.165) is 12.8 Å². The van der Waals surface area contributed by atoms with Crippen LogP contribution in [0.1, 0.15) is 40.7 Å². The topological polar surface area (TPSA) is 139 Å². The fourth-order valence-corrected chi connectivity index (χ4v) is 2.39. The number of carboxylic acid groups (broad SMARTS) is 1. The molecule has 8 heteroatoms. The summed E-state index contributed by atoms with van der Waals surface area (Å²) in [5.74, 6) is 4.84. The predicted molar refractivity (Wildman–Crippen MR) is 87.1 cm³/mol. The van der Waals surface area contributed by atoms with Gasteiger partial charge in [-0.05, 0) is 24.0 Å². The summed E-state index contributed by atoms with van der Waals surface area (Å²) >= 11 is 0. The van der Waals surface area contributed by atoms with Crippen molar-refractivity contribution < 1.29 is 19.5 Å². The Hall–Kier alpha value is -2.45. The number of carbonyl (C=O) groups excluding carboxylic acids is 2. The Morgan fingerprint density at radius 1 is 1.25 bits per heavy atom. The smallest absolute Gasteiger partial charge is 0.421 e. The van der Waals surface area contributed by atoms with Crippen molar-refractivity contribution in [2.45, 2.75) is 38.3 Å². The zero-order chi connectivity index (χ0) is 17.7. The van der Waals surface area contributed by atoms with E-state index in [1.165, 1.54) is 0 Å². The second kappa shape index (κ2) is 7.89. The molecule has 0 bridgehead atoms. The Balaban J connectivity index is 2.09. The highest BCUT2D eigenvalue weighted by molar-refractivity contribution is 5.99. The van der Waals surface area contributed by atoms with Crippen molar-refractivity contribution in [3.8, 4) is 0 Å². The Morgan fingerprint density at radius 2 is 1.92 bits per heavy atom. The summed E-state index contributed by atoms with van der Waals surface area (Å²) in [6, 6.07) is 5.44. The molecular weight excluding hydrogens is 312 g/mol. The van der Waals surface area contributed by atoms with Gasteiger partial charge in [-0.2, -0.15) is 0 Å². The van der Waals surface area contributed by atoms with Crippen molar-refractivity contribution in [3.63, 3.8) is 0 Å². The molecule has 130 valence electrons. The molecule has 0 heterocycles. The minimum absolute atomic E-state index is 0.0145. The van der Waals surface area contributed by atoms with Crippen molar-refractivity contribution in [2.24, 2.45) is 11.6 Å². The number of nitrogens with one attached hydrogen (secondary N) is 1. The number of Topliss-reactive ketones (excluding diaryl/α,β-unsaturated/α-hetero) is 1. The normalized spacial score (nSPS) is 13.4. The monoisotopic (exact) mass is 334 g/mol. The van der Waals surface area contributed by atoms with Gasteiger partial charge in [0, 0.05) is 37.5 Å². The van der Waals surface area contributed by atoms with Gasteiger partial charge in [0.25, 0.3) is 5.91 Å². The SMILES string of the molecule is NCc1cccc(CC(=O)CCN(N)C(=O)O)c1C(=O)NC1CC1. The molecule has 24 heavy (non-hydrogen) atoms. The summed E-state index contributed by atoms with van der Waals surface area (Å²) in [6.45, 7) is 0.111. The highest BCUT2D eigenvalue weighted by Crippen LogP contribution is 2.22. The molecule has 0 aliphatic heterocycles. The van der Waals surface area contributed by atoms with E-state index in [0.29, 0.717) is 21.7 Å². The van der Waals surface area contributed by atoms with Crippen LogP contribution >= 0.6 is 0 Å². The lowest BCUT2D eigenvalue weighted by Gasteiger charge is -2.15. The quantitative estimate of drug-likeness (QED) is 0.308.